The zero-order valence-electron chi connectivity index (χ0n) is 16.4. The van der Waals surface area contributed by atoms with Gasteiger partial charge in [0, 0.05) is 21.0 Å². The van der Waals surface area contributed by atoms with Crippen molar-refractivity contribution in [3.05, 3.63) is 92.5 Å². The number of hydrogen-bond acceptors (Lipinski definition) is 3. The fraction of sp³-hybridized carbons (Fsp3) is 0.250. The third-order valence-corrected chi connectivity index (χ3v) is 6.81. The lowest BCUT2D eigenvalue weighted by Gasteiger charge is -2.35. The Morgan fingerprint density at radius 3 is 2.48 bits per heavy atom. The summed E-state index contributed by atoms with van der Waals surface area (Å²) in [4.78, 5) is 12.4. The number of carboxylic acids is 1. The summed E-state index contributed by atoms with van der Waals surface area (Å²) in [7, 11) is 0. The van der Waals surface area contributed by atoms with Crippen LogP contribution in [-0.4, -0.2) is 23.2 Å². The van der Waals surface area contributed by atoms with Gasteiger partial charge in [0.25, 0.3) is 0 Å². The number of nitrogens with zero attached hydrogens (tertiary/aromatic N) is 1. The van der Waals surface area contributed by atoms with Gasteiger partial charge in [0.15, 0.2) is 0 Å². The lowest BCUT2D eigenvalue weighted by atomic mass is 9.63. The molecule has 4 atom stereocenters. The van der Waals surface area contributed by atoms with Crippen molar-refractivity contribution in [3.8, 4) is 6.07 Å². The summed E-state index contributed by atoms with van der Waals surface area (Å²) >= 11 is 18.7. The standard InChI is InChI=1S/C24H19Cl3N2O2/c25-17-9-7-16(8-10-17)24(13-28)20(14-3-1-5-18(26)11-14)21(23(30)31)29-22(24)15-4-2-6-19(27)12-15/h1,3-5,7-12,20-22,29H,2,6H2,(H,30,31). The molecule has 2 aliphatic rings. The van der Waals surface area contributed by atoms with Crippen molar-refractivity contribution in [2.75, 3.05) is 0 Å². The number of allylic oxidation sites excluding steroid dienone is 2. The molecule has 4 nitrogen and oxygen atoms in total. The van der Waals surface area contributed by atoms with Crippen LogP contribution in [0.25, 0.3) is 0 Å². The number of rotatable bonds is 4. The molecule has 0 bridgehead atoms. The van der Waals surface area contributed by atoms with Crippen LogP contribution in [0, 0.1) is 11.3 Å². The number of aliphatic carboxylic acids is 1. The van der Waals surface area contributed by atoms with Gasteiger partial charge in [-0.25, -0.2) is 0 Å². The van der Waals surface area contributed by atoms with Gasteiger partial charge in [0.1, 0.15) is 11.5 Å². The maximum absolute atomic E-state index is 12.4. The quantitative estimate of drug-likeness (QED) is 0.588. The minimum absolute atomic E-state index is 0.479. The van der Waals surface area contributed by atoms with E-state index in [1.807, 2.05) is 18.2 Å². The van der Waals surface area contributed by atoms with Crippen LogP contribution in [0.2, 0.25) is 10.0 Å². The third kappa shape index (κ3) is 3.88. The molecule has 0 spiro atoms. The maximum atomic E-state index is 12.4. The Kier molecular flexibility index (Phi) is 6.14. The van der Waals surface area contributed by atoms with Gasteiger partial charge in [0.2, 0.25) is 0 Å². The highest BCUT2D eigenvalue weighted by Gasteiger charge is 2.60. The zero-order valence-corrected chi connectivity index (χ0v) is 18.6. The molecule has 1 aliphatic carbocycles. The molecule has 1 aliphatic heterocycles. The normalized spacial score (nSPS) is 27.9. The van der Waals surface area contributed by atoms with Crippen molar-refractivity contribution in [1.29, 1.82) is 5.26 Å². The molecule has 1 saturated heterocycles. The van der Waals surface area contributed by atoms with Crippen LogP contribution in [0.5, 0.6) is 0 Å². The minimum atomic E-state index is -1.23. The molecule has 1 heterocycles. The van der Waals surface area contributed by atoms with Gasteiger partial charge < -0.3 is 5.11 Å². The number of nitrogens with one attached hydrogen (secondary N) is 1. The molecule has 2 aromatic carbocycles. The molecule has 158 valence electrons. The fourth-order valence-electron chi connectivity index (χ4n) is 4.74. The summed E-state index contributed by atoms with van der Waals surface area (Å²) < 4.78 is 0. The molecule has 1 fully saturated rings. The number of carboxylic acid groups (broad SMARTS) is 1. The van der Waals surface area contributed by atoms with Gasteiger partial charge in [-0.05, 0) is 59.9 Å². The first-order valence-electron chi connectivity index (χ1n) is 9.84. The Balaban J connectivity index is 1.99. The molecule has 7 heteroatoms. The highest BCUT2D eigenvalue weighted by atomic mass is 35.5. The molecule has 31 heavy (non-hydrogen) atoms. The van der Waals surface area contributed by atoms with Crippen LogP contribution < -0.4 is 5.32 Å². The van der Waals surface area contributed by atoms with Crippen molar-refractivity contribution >= 4 is 40.8 Å². The van der Waals surface area contributed by atoms with E-state index in [-0.39, 0.29) is 0 Å². The van der Waals surface area contributed by atoms with E-state index in [2.05, 4.69) is 11.4 Å². The van der Waals surface area contributed by atoms with E-state index in [1.165, 1.54) is 0 Å². The summed E-state index contributed by atoms with van der Waals surface area (Å²) in [6, 6.07) is 15.0. The fourth-order valence-corrected chi connectivity index (χ4v) is 5.30. The molecule has 4 rings (SSSR count). The van der Waals surface area contributed by atoms with E-state index in [4.69, 9.17) is 34.8 Å². The molecule has 2 N–H and O–H groups in total. The lowest BCUT2D eigenvalue weighted by Crippen LogP contribution is -2.43. The largest absolute Gasteiger partial charge is 0.480 e. The number of hydrogen-bond donors (Lipinski definition) is 2. The average molecular weight is 474 g/mol. The number of halogens is 3. The first-order chi connectivity index (χ1) is 14.9. The van der Waals surface area contributed by atoms with Crippen LogP contribution in [0.15, 0.2) is 71.3 Å². The van der Waals surface area contributed by atoms with Gasteiger partial charge in [-0.2, -0.15) is 5.26 Å². The van der Waals surface area contributed by atoms with Gasteiger partial charge in [-0.1, -0.05) is 65.1 Å². The van der Waals surface area contributed by atoms with E-state index in [9.17, 15) is 15.2 Å². The highest BCUT2D eigenvalue weighted by Crippen LogP contribution is 2.51. The smallest absolute Gasteiger partial charge is 0.321 e. The zero-order chi connectivity index (χ0) is 22.2. The first kappa shape index (κ1) is 21.9. The van der Waals surface area contributed by atoms with Crippen molar-refractivity contribution in [3.63, 3.8) is 0 Å². The summed E-state index contributed by atoms with van der Waals surface area (Å²) in [5, 5.41) is 25.7. The Morgan fingerprint density at radius 2 is 1.87 bits per heavy atom. The molecule has 0 radical (unpaired) electrons. The van der Waals surface area contributed by atoms with Crippen LogP contribution in [-0.2, 0) is 10.2 Å². The average Bonchev–Trinajstić information content (AvgIpc) is 3.11. The number of benzene rings is 2. The van der Waals surface area contributed by atoms with E-state index in [0.717, 1.165) is 18.4 Å². The summed E-state index contributed by atoms with van der Waals surface area (Å²) in [6.07, 6.45) is 5.30. The minimum Gasteiger partial charge on any atom is -0.480 e. The van der Waals surface area contributed by atoms with Gasteiger partial charge in [-0.15, -0.1) is 0 Å². The Labute approximate surface area is 195 Å². The summed E-state index contributed by atoms with van der Waals surface area (Å²) in [5.41, 5.74) is 0.942. The topological polar surface area (TPSA) is 73.1 Å². The van der Waals surface area contributed by atoms with E-state index < -0.39 is 29.4 Å². The molecular weight excluding hydrogens is 455 g/mol. The predicted molar refractivity (Wildman–Crippen MR) is 123 cm³/mol. The second kappa shape index (κ2) is 8.68. The second-order valence-corrected chi connectivity index (χ2v) is 9.13. The van der Waals surface area contributed by atoms with Crippen LogP contribution in [0.4, 0.5) is 0 Å². The van der Waals surface area contributed by atoms with Gasteiger partial charge in [0.05, 0.1) is 12.1 Å². The molecule has 2 aromatic rings. The van der Waals surface area contributed by atoms with Crippen LogP contribution in [0.1, 0.15) is 29.9 Å². The predicted octanol–water partition coefficient (Wildman–Crippen LogP) is 5.81. The number of nitriles is 1. The first-order valence-corrected chi connectivity index (χ1v) is 11.0. The highest BCUT2D eigenvalue weighted by molar-refractivity contribution is 6.31. The van der Waals surface area contributed by atoms with E-state index in [0.29, 0.717) is 26.2 Å². The Hall–Kier alpha value is -2.29. The van der Waals surface area contributed by atoms with E-state index in [1.54, 1.807) is 42.5 Å². The summed E-state index contributed by atoms with van der Waals surface area (Å²) in [6.45, 7) is 0. The van der Waals surface area contributed by atoms with Gasteiger partial charge in [-0.3, -0.25) is 10.1 Å². The Morgan fingerprint density at radius 1 is 1.13 bits per heavy atom. The van der Waals surface area contributed by atoms with Gasteiger partial charge >= 0.3 is 5.97 Å². The summed E-state index contributed by atoms with van der Waals surface area (Å²) in [5.74, 6) is -1.73. The molecule has 0 saturated carbocycles. The van der Waals surface area contributed by atoms with Crippen LogP contribution in [0.3, 0.4) is 0 Å². The third-order valence-electron chi connectivity index (χ3n) is 6.03. The molecule has 4 unspecified atom stereocenters. The monoisotopic (exact) mass is 472 g/mol. The lowest BCUT2D eigenvalue weighted by molar-refractivity contribution is -0.139. The Bertz CT molecular complexity index is 1120. The van der Waals surface area contributed by atoms with Crippen molar-refractivity contribution in [2.45, 2.75) is 36.3 Å². The van der Waals surface area contributed by atoms with Crippen LogP contribution >= 0.6 is 34.8 Å². The van der Waals surface area contributed by atoms with Crippen molar-refractivity contribution < 1.29 is 9.90 Å². The maximum Gasteiger partial charge on any atom is 0.321 e. The molecular formula is C24H19Cl3N2O2. The van der Waals surface area contributed by atoms with Crippen molar-refractivity contribution in [2.24, 2.45) is 0 Å². The molecule has 0 aromatic heterocycles. The van der Waals surface area contributed by atoms with E-state index >= 15 is 0 Å². The molecule has 0 amide bonds. The second-order valence-electron chi connectivity index (χ2n) is 7.77. The number of carbonyl (C=O) groups is 1. The van der Waals surface area contributed by atoms with Crippen molar-refractivity contribution in [1.82, 2.24) is 5.32 Å². The SMILES string of the molecule is N#CC1(c2ccc(Cl)cc2)C(C2=CCCC(Cl)=C2)NC(C(=O)O)C1c1cccc(Cl)c1.